The van der Waals surface area contributed by atoms with Crippen LogP contribution in [0.3, 0.4) is 0 Å². The molecule has 2 aromatic rings. The van der Waals surface area contributed by atoms with Crippen LogP contribution in [0.25, 0.3) is 0 Å². The summed E-state index contributed by atoms with van der Waals surface area (Å²) >= 11 is 0. The van der Waals surface area contributed by atoms with Crippen LogP contribution in [-0.2, 0) is 6.18 Å². The van der Waals surface area contributed by atoms with Crippen LogP contribution in [-0.4, -0.2) is 33.3 Å². The minimum Gasteiger partial charge on any atom is -0.425 e. The van der Waals surface area contributed by atoms with Crippen molar-refractivity contribution in [3.8, 4) is 0 Å². The number of nitrogens with zero attached hydrogens (tertiary/aromatic N) is 5. The van der Waals surface area contributed by atoms with Crippen molar-refractivity contribution in [1.29, 1.82) is 0 Å². The van der Waals surface area contributed by atoms with E-state index >= 15 is 0 Å². The van der Waals surface area contributed by atoms with Crippen molar-refractivity contribution in [2.75, 3.05) is 18.0 Å². The molecule has 0 amide bonds. The van der Waals surface area contributed by atoms with E-state index in [1.807, 2.05) is 0 Å². The molecule has 24 heavy (non-hydrogen) atoms. The van der Waals surface area contributed by atoms with E-state index in [-0.39, 0.29) is 11.9 Å². The van der Waals surface area contributed by atoms with Gasteiger partial charge in [0, 0.05) is 31.1 Å². The third-order valence-corrected chi connectivity index (χ3v) is 4.44. The van der Waals surface area contributed by atoms with Gasteiger partial charge in [0.15, 0.2) is 0 Å². The maximum absolute atomic E-state index is 12.8. The van der Waals surface area contributed by atoms with Gasteiger partial charge in [0.2, 0.25) is 17.7 Å². The summed E-state index contributed by atoms with van der Waals surface area (Å²) in [5.41, 5.74) is -0.916. The first-order valence-electron chi connectivity index (χ1n) is 7.99. The van der Waals surface area contributed by atoms with E-state index in [4.69, 9.17) is 4.42 Å². The lowest BCUT2D eigenvalue weighted by molar-refractivity contribution is -0.141. The van der Waals surface area contributed by atoms with E-state index < -0.39 is 11.9 Å². The van der Waals surface area contributed by atoms with Gasteiger partial charge in [0.1, 0.15) is 5.69 Å². The van der Waals surface area contributed by atoms with Crippen molar-refractivity contribution in [2.24, 2.45) is 0 Å². The van der Waals surface area contributed by atoms with Crippen LogP contribution in [0, 0.1) is 0 Å². The Balaban J connectivity index is 1.42. The van der Waals surface area contributed by atoms with Gasteiger partial charge >= 0.3 is 6.18 Å². The van der Waals surface area contributed by atoms with Gasteiger partial charge in [-0.05, 0) is 31.7 Å². The van der Waals surface area contributed by atoms with Gasteiger partial charge in [-0.1, -0.05) is 0 Å². The first-order valence-corrected chi connectivity index (χ1v) is 7.99. The highest BCUT2D eigenvalue weighted by molar-refractivity contribution is 5.32. The van der Waals surface area contributed by atoms with Crippen LogP contribution < -0.4 is 4.90 Å². The van der Waals surface area contributed by atoms with Crippen molar-refractivity contribution in [2.45, 2.75) is 43.7 Å². The van der Waals surface area contributed by atoms with E-state index in [1.54, 1.807) is 4.90 Å². The minimum atomic E-state index is -4.46. The number of hydrogen-bond acceptors (Lipinski definition) is 6. The number of hydrogen-bond donors (Lipinski definition) is 0. The monoisotopic (exact) mass is 339 g/mol. The summed E-state index contributed by atoms with van der Waals surface area (Å²) in [6.07, 6.45) is 0.355. The van der Waals surface area contributed by atoms with Crippen LogP contribution in [0.15, 0.2) is 16.7 Å². The summed E-state index contributed by atoms with van der Waals surface area (Å²) in [4.78, 5) is 9.38. The van der Waals surface area contributed by atoms with Crippen molar-refractivity contribution in [1.82, 2.24) is 20.2 Å². The lowest BCUT2D eigenvalue weighted by Gasteiger charge is -2.30. The highest BCUT2D eigenvalue weighted by Crippen LogP contribution is 2.40. The molecular weight excluding hydrogens is 323 g/mol. The predicted molar refractivity (Wildman–Crippen MR) is 77.5 cm³/mol. The quantitative estimate of drug-likeness (QED) is 0.856. The Morgan fingerprint density at radius 1 is 1.00 bits per heavy atom. The third kappa shape index (κ3) is 3.07. The molecule has 1 saturated carbocycles. The zero-order valence-corrected chi connectivity index (χ0v) is 12.8. The van der Waals surface area contributed by atoms with Gasteiger partial charge in [-0.25, -0.2) is 9.97 Å². The zero-order chi connectivity index (χ0) is 16.7. The SMILES string of the molecule is FC(F)(F)c1ccnc(N2CCC(c3nnc(C4CC4)o3)CC2)n1. The molecule has 9 heteroatoms. The second-order valence-electron chi connectivity index (χ2n) is 6.25. The maximum atomic E-state index is 12.8. The second kappa shape index (κ2) is 5.71. The van der Waals surface area contributed by atoms with Gasteiger partial charge in [0.25, 0.3) is 0 Å². The van der Waals surface area contributed by atoms with E-state index in [2.05, 4.69) is 20.2 Å². The summed E-state index contributed by atoms with van der Waals surface area (Å²) in [7, 11) is 0. The molecule has 4 rings (SSSR count). The van der Waals surface area contributed by atoms with Gasteiger partial charge in [-0.2, -0.15) is 13.2 Å². The largest absolute Gasteiger partial charge is 0.433 e. The summed E-state index contributed by atoms with van der Waals surface area (Å²) in [6.45, 7) is 1.13. The van der Waals surface area contributed by atoms with Crippen LogP contribution in [0.5, 0.6) is 0 Å². The average molecular weight is 339 g/mol. The Kier molecular flexibility index (Phi) is 3.65. The van der Waals surface area contributed by atoms with Crippen molar-refractivity contribution < 1.29 is 17.6 Å². The fourth-order valence-electron chi connectivity index (χ4n) is 2.89. The summed E-state index contributed by atoms with van der Waals surface area (Å²) in [5.74, 6) is 2.04. The first-order chi connectivity index (χ1) is 11.5. The lowest BCUT2D eigenvalue weighted by atomic mass is 9.97. The fourth-order valence-corrected chi connectivity index (χ4v) is 2.89. The predicted octanol–water partition coefficient (Wildman–Crippen LogP) is 3.14. The molecule has 0 unspecified atom stereocenters. The molecule has 1 aliphatic carbocycles. The molecule has 0 N–H and O–H groups in total. The highest BCUT2D eigenvalue weighted by Gasteiger charge is 2.34. The lowest BCUT2D eigenvalue weighted by Crippen LogP contribution is -2.34. The van der Waals surface area contributed by atoms with E-state index in [0.717, 1.165) is 37.9 Å². The molecule has 0 spiro atoms. The molecule has 1 aliphatic heterocycles. The topological polar surface area (TPSA) is 67.9 Å². The molecule has 0 bridgehead atoms. The Bertz CT molecular complexity index is 720. The molecule has 128 valence electrons. The van der Waals surface area contributed by atoms with Crippen LogP contribution in [0.4, 0.5) is 19.1 Å². The number of piperidine rings is 1. The molecule has 2 fully saturated rings. The molecule has 0 atom stereocenters. The van der Waals surface area contributed by atoms with Crippen LogP contribution in [0.1, 0.15) is 55.0 Å². The van der Waals surface area contributed by atoms with Gasteiger partial charge in [0.05, 0.1) is 0 Å². The number of halogens is 3. The molecule has 3 heterocycles. The minimum absolute atomic E-state index is 0.118. The van der Waals surface area contributed by atoms with E-state index in [9.17, 15) is 13.2 Å². The third-order valence-electron chi connectivity index (χ3n) is 4.44. The Morgan fingerprint density at radius 3 is 2.21 bits per heavy atom. The van der Waals surface area contributed by atoms with Gasteiger partial charge < -0.3 is 9.32 Å². The standard InChI is InChI=1S/C15H16F3N5O/c16-15(17,18)11-3-6-19-14(20-11)23-7-4-10(5-8-23)13-22-21-12(24-13)9-1-2-9/h3,6,9-10H,1-2,4-5,7-8H2. The van der Waals surface area contributed by atoms with Gasteiger partial charge in [-0.3, -0.25) is 0 Å². The average Bonchev–Trinajstić information content (AvgIpc) is 3.32. The van der Waals surface area contributed by atoms with Crippen molar-refractivity contribution in [3.63, 3.8) is 0 Å². The normalized spacial score (nSPS) is 19.7. The van der Waals surface area contributed by atoms with Crippen LogP contribution in [0.2, 0.25) is 0 Å². The first kappa shape index (κ1) is 15.3. The number of anilines is 1. The number of rotatable bonds is 3. The highest BCUT2D eigenvalue weighted by atomic mass is 19.4. The summed E-state index contributed by atoms with van der Waals surface area (Å²) < 4.78 is 44.0. The molecule has 6 nitrogen and oxygen atoms in total. The zero-order valence-electron chi connectivity index (χ0n) is 12.8. The molecule has 2 aliphatic rings. The molecule has 0 radical (unpaired) electrons. The Labute approximate surface area is 136 Å². The van der Waals surface area contributed by atoms with E-state index in [0.29, 0.717) is 30.8 Å². The smallest absolute Gasteiger partial charge is 0.425 e. The Hall–Kier alpha value is -2.19. The second-order valence-corrected chi connectivity index (χ2v) is 6.25. The molecular formula is C15H16F3N5O. The van der Waals surface area contributed by atoms with Gasteiger partial charge in [-0.15, -0.1) is 10.2 Å². The van der Waals surface area contributed by atoms with E-state index in [1.165, 1.54) is 0 Å². The molecule has 2 aromatic heterocycles. The van der Waals surface area contributed by atoms with Crippen molar-refractivity contribution >= 4 is 5.95 Å². The molecule has 1 saturated heterocycles. The van der Waals surface area contributed by atoms with Crippen molar-refractivity contribution in [3.05, 3.63) is 29.7 Å². The maximum Gasteiger partial charge on any atom is 0.433 e. The number of aromatic nitrogens is 4. The molecule has 0 aromatic carbocycles. The Morgan fingerprint density at radius 2 is 1.62 bits per heavy atom. The van der Waals surface area contributed by atoms with Crippen LogP contribution >= 0.6 is 0 Å². The fraction of sp³-hybridized carbons (Fsp3) is 0.600. The number of alkyl halides is 3. The summed E-state index contributed by atoms with van der Waals surface area (Å²) in [5, 5.41) is 8.22. The summed E-state index contributed by atoms with van der Waals surface area (Å²) in [6, 6.07) is 0.883.